The van der Waals surface area contributed by atoms with Gasteiger partial charge in [0.25, 0.3) is 0 Å². The molecular weight excluding hydrogens is 252 g/mol. The standard InChI is InChI=1S/C15H16N4O/c1-9(2)15(20)18-12-3-4-13-10(5-12)6-14(19-13)11-7-16-17-8-11/h3-9,19H,1-2H3,(H,16,17)(H,18,20). The number of benzene rings is 1. The number of fused-ring (bicyclic) bond motifs is 1. The lowest BCUT2D eigenvalue weighted by Gasteiger charge is -2.07. The van der Waals surface area contributed by atoms with Crippen molar-refractivity contribution < 1.29 is 4.79 Å². The number of nitrogens with zero attached hydrogens (tertiary/aromatic N) is 1. The van der Waals surface area contributed by atoms with Crippen molar-refractivity contribution in [2.75, 3.05) is 5.32 Å². The third-order valence-corrected chi connectivity index (χ3v) is 3.22. The second-order valence-corrected chi connectivity index (χ2v) is 5.12. The van der Waals surface area contributed by atoms with Gasteiger partial charge in [0.15, 0.2) is 0 Å². The molecule has 0 saturated heterocycles. The van der Waals surface area contributed by atoms with E-state index < -0.39 is 0 Å². The second kappa shape index (κ2) is 4.85. The summed E-state index contributed by atoms with van der Waals surface area (Å²) < 4.78 is 0. The number of carbonyl (C=O) groups excluding carboxylic acids is 1. The Hall–Kier alpha value is -2.56. The summed E-state index contributed by atoms with van der Waals surface area (Å²) in [5.74, 6) is -0.00615. The van der Waals surface area contributed by atoms with Gasteiger partial charge in [0.1, 0.15) is 0 Å². The molecule has 0 fully saturated rings. The molecular formula is C15H16N4O. The summed E-state index contributed by atoms with van der Waals surface area (Å²) in [6.07, 6.45) is 3.61. The fourth-order valence-corrected chi connectivity index (χ4v) is 2.05. The average molecular weight is 268 g/mol. The summed E-state index contributed by atoms with van der Waals surface area (Å²) >= 11 is 0. The Bertz CT molecular complexity index is 740. The quantitative estimate of drug-likeness (QED) is 0.682. The van der Waals surface area contributed by atoms with Gasteiger partial charge in [-0.25, -0.2) is 0 Å². The molecule has 20 heavy (non-hydrogen) atoms. The van der Waals surface area contributed by atoms with Crippen molar-refractivity contribution >= 4 is 22.5 Å². The Kier molecular flexibility index (Phi) is 3.02. The first kappa shape index (κ1) is 12.5. The SMILES string of the molecule is CC(C)C(=O)Nc1ccc2[nH]c(-c3cn[nH]c3)cc2c1. The van der Waals surface area contributed by atoms with Crippen molar-refractivity contribution in [2.45, 2.75) is 13.8 Å². The summed E-state index contributed by atoms with van der Waals surface area (Å²) in [6, 6.07) is 7.88. The molecule has 1 amide bonds. The molecule has 2 aromatic heterocycles. The smallest absolute Gasteiger partial charge is 0.226 e. The van der Waals surface area contributed by atoms with Gasteiger partial charge in [0, 0.05) is 40.0 Å². The Morgan fingerprint density at radius 2 is 2.15 bits per heavy atom. The maximum absolute atomic E-state index is 11.7. The highest BCUT2D eigenvalue weighted by atomic mass is 16.1. The molecule has 3 rings (SSSR count). The Morgan fingerprint density at radius 3 is 2.85 bits per heavy atom. The number of anilines is 1. The predicted octanol–water partition coefficient (Wildman–Crippen LogP) is 3.15. The van der Waals surface area contributed by atoms with Crippen molar-refractivity contribution in [3.8, 4) is 11.3 Å². The number of aromatic nitrogens is 3. The number of hydrogen-bond acceptors (Lipinski definition) is 2. The van der Waals surface area contributed by atoms with E-state index in [2.05, 4.69) is 20.5 Å². The number of amides is 1. The summed E-state index contributed by atoms with van der Waals surface area (Å²) in [7, 11) is 0. The zero-order valence-electron chi connectivity index (χ0n) is 11.4. The van der Waals surface area contributed by atoms with Gasteiger partial charge in [-0.1, -0.05) is 13.8 Å². The minimum Gasteiger partial charge on any atom is -0.354 e. The molecule has 102 valence electrons. The summed E-state index contributed by atoms with van der Waals surface area (Å²) in [5, 5.41) is 10.7. The van der Waals surface area contributed by atoms with Crippen LogP contribution in [-0.2, 0) is 4.79 Å². The van der Waals surface area contributed by atoms with Crippen LogP contribution in [0.15, 0.2) is 36.7 Å². The van der Waals surface area contributed by atoms with Gasteiger partial charge in [0.05, 0.1) is 6.20 Å². The van der Waals surface area contributed by atoms with Crippen molar-refractivity contribution in [2.24, 2.45) is 5.92 Å². The Morgan fingerprint density at radius 1 is 1.30 bits per heavy atom. The number of nitrogens with one attached hydrogen (secondary N) is 3. The molecule has 0 spiro atoms. The third kappa shape index (κ3) is 2.30. The van der Waals surface area contributed by atoms with Gasteiger partial charge in [-0.2, -0.15) is 5.10 Å². The molecule has 5 nitrogen and oxygen atoms in total. The molecule has 0 aliphatic rings. The van der Waals surface area contributed by atoms with Gasteiger partial charge < -0.3 is 10.3 Å². The number of hydrogen-bond donors (Lipinski definition) is 3. The molecule has 1 aromatic carbocycles. The molecule has 0 saturated carbocycles. The van der Waals surface area contributed by atoms with E-state index in [1.54, 1.807) is 6.20 Å². The molecule has 5 heteroatoms. The minimum absolute atomic E-state index is 0.0231. The van der Waals surface area contributed by atoms with Gasteiger partial charge in [-0.15, -0.1) is 0 Å². The molecule has 0 atom stereocenters. The lowest BCUT2D eigenvalue weighted by molar-refractivity contribution is -0.118. The first-order valence-electron chi connectivity index (χ1n) is 6.56. The number of H-pyrrole nitrogens is 2. The van der Waals surface area contributed by atoms with Crippen LogP contribution in [0.3, 0.4) is 0 Å². The van der Waals surface area contributed by atoms with E-state index >= 15 is 0 Å². The van der Waals surface area contributed by atoms with Crippen LogP contribution in [0.25, 0.3) is 22.2 Å². The zero-order chi connectivity index (χ0) is 14.1. The van der Waals surface area contributed by atoms with E-state index in [0.29, 0.717) is 0 Å². The van der Waals surface area contributed by atoms with E-state index in [9.17, 15) is 4.79 Å². The molecule has 0 aliphatic heterocycles. The number of rotatable bonds is 3. The first-order chi connectivity index (χ1) is 9.63. The molecule has 0 bridgehead atoms. The molecule has 3 N–H and O–H groups in total. The van der Waals surface area contributed by atoms with E-state index in [0.717, 1.165) is 27.8 Å². The average Bonchev–Trinajstić information content (AvgIpc) is 3.06. The molecule has 2 heterocycles. The number of aromatic amines is 2. The summed E-state index contributed by atoms with van der Waals surface area (Å²) in [5.41, 5.74) is 3.85. The molecule has 3 aromatic rings. The number of carbonyl (C=O) groups is 1. The van der Waals surface area contributed by atoms with Gasteiger partial charge in [-0.3, -0.25) is 9.89 Å². The van der Waals surface area contributed by atoms with Crippen LogP contribution in [0, 0.1) is 5.92 Å². The highest BCUT2D eigenvalue weighted by molar-refractivity contribution is 5.95. The van der Waals surface area contributed by atoms with Gasteiger partial charge in [-0.05, 0) is 24.3 Å². The Labute approximate surface area is 116 Å². The van der Waals surface area contributed by atoms with Crippen molar-refractivity contribution in [3.05, 3.63) is 36.7 Å². The van der Waals surface area contributed by atoms with E-state index in [-0.39, 0.29) is 11.8 Å². The van der Waals surface area contributed by atoms with E-state index in [1.165, 1.54) is 0 Å². The molecule has 0 radical (unpaired) electrons. The maximum atomic E-state index is 11.7. The van der Waals surface area contributed by atoms with E-state index in [1.807, 2.05) is 44.3 Å². The highest BCUT2D eigenvalue weighted by Crippen LogP contribution is 2.25. The van der Waals surface area contributed by atoms with Crippen LogP contribution in [0.2, 0.25) is 0 Å². The van der Waals surface area contributed by atoms with Gasteiger partial charge >= 0.3 is 0 Å². The highest BCUT2D eigenvalue weighted by Gasteiger charge is 2.09. The van der Waals surface area contributed by atoms with Crippen molar-refractivity contribution in [1.29, 1.82) is 0 Å². The fourth-order valence-electron chi connectivity index (χ4n) is 2.05. The van der Waals surface area contributed by atoms with Crippen molar-refractivity contribution in [1.82, 2.24) is 15.2 Å². The van der Waals surface area contributed by atoms with E-state index in [4.69, 9.17) is 0 Å². The lowest BCUT2D eigenvalue weighted by Crippen LogP contribution is -2.17. The van der Waals surface area contributed by atoms with Crippen LogP contribution in [0.1, 0.15) is 13.8 Å². The Balaban J connectivity index is 1.93. The van der Waals surface area contributed by atoms with Gasteiger partial charge in [0.2, 0.25) is 5.91 Å². The van der Waals surface area contributed by atoms with Crippen LogP contribution in [-0.4, -0.2) is 21.1 Å². The van der Waals surface area contributed by atoms with Crippen LogP contribution in [0.5, 0.6) is 0 Å². The van der Waals surface area contributed by atoms with Crippen molar-refractivity contribution in [3.63, 3.8) is 0 Å². The third-order valence-electron chi connectivity index (χ3n) is 3.22. The maximum Gasteiger partial charge on any atom is 0.226 e. The minimum atomic E-state index is -0.0292. The second-order valence-electron chi connectivity index (χ2n) is 5.12. The normalized spacial score (nSPS) is 11.2. The fraction of sp³-hybridized carbons (Fsp3) is 0.200. The van der Waals surface area contributed by atoms with Crippen LogP contribution in [0.4, 0.5) is 5.69 Å². The topological polar surface area (TPSA) is 73.6 Å². The zero-order valence-corrected chi connectivity index (χ0v) is 11.4. The lowest BCUT2D eigenvalue weighted by atomic mass is 10.2. The summed E-state index contributed by atoms with van der Waals surface area (Å²) in [6.45, 7) is 3.75. The monoisotopic (exact) mass is 268 g/mol. The molecule has 0 unspecified atom stereocenters. The van der Waals surface area contributed by atoms with Crippen LogP contribution >= 0.6 is 0 Å². The first-order valence-corrected chi connectivity index (χ1v) is 6.56. The molecule has 0 aliphatic carbocycles. The predicted molar refractivity (Wildman–Crippen MR) is 79.3 cm³/mol. The van der Waals surface area contributed by atoms with Crippen LogP contribution < -0.4 is 5.32 Å². The summed E-state index contributed by atoms with van der Waals surface area (Å²) in [4.78, 5) is 15.0. The largest absolute Gasteiger partial charge is 0.354 e.